The molecule has 4 nitrogen and oxygen atoms in total. The minimum Gasteiger partial charge on any atom is -0.392 e. The zero-order chi connectivity index (χ0) is 14.0. The molecule has 0 bridgehead atoms. The molecule has 2 aromatic carbocycles. The monoisotopic (exact) mass is 294 g/mol. The summed E-state index contributed by atoms with van der Waals surface area (Å²) in [7, 11) is -3.60. The van der Waals surface area contributed by atoms with Gasteiger partial charge in [-0.3, -0.25) is 4.72 Å². The molecule has 2 rings (SSSR count). The van der Waals surface area contributed by atoms with Crippen LogP contribution in [0.5, 0.6) is 0 Å². The summed E-state index contributed by atoms with van der Waals surface area (Å²) in [6.45, 7) is 1.46. The highest BCUT2D eigenvalue weighted by Gasteiger charge is 2.23. The van der Waals surface area contributed by atoms with Gasteiger partial charge in [0, 0.05) is 5.69 Å². The molecule has 1 unspecified atom stereocenters. The van der Waals surface area contributed by atoms with Crippen LogP contribution in [0.1, 0.15) is 6.92 Å². The molecule has 0 aliphatic carbocycles. The van der Waals surface area contributed by atoms with Gasteiger partial charge in [-0.05, 0) is 29.8 Å². The lowest BCUT2D eigenvalue weighted by molar-refractivity contribution is 0.598. The molecule has 0 amide bonds. The number of anilines is 1. The summed E-state index contributed by atoms with van der Waals surface area (Å²) in [6, 6.07) is 13.1. The van der Waals surface area contributed by atoms with Crippen LogP contribution < -0.4 is 10.5 Å². The van der Waals surface area contributed by atoms with E-state index >= 15 is 0 Å². The van der Waals surface area contributed by atoms with Crippen molar-refractivity contribution in [3.63, 3.8) is 0 Å². The first-order valence-corrected chi connectivity index (χ1v) is 7.65. The number of rotatable bonds is 4. The number of sulfonamides is 1. The fourth-order valence-corrected chi connectivity index (χ4v) is 2.98. The Balaban J connectivity index is 2.34. The van der Waals surface area contributed by atoms with Crippen LogP contribution in [0.2, 0.25) is 0 Å². The zero-order valence-corrected chi connectivity index (χ0v) is 12.0. The molecule has 1 atom stereocenters. The first-order chi connectivity index (χ1) is 8.90. The van der Waals surface area contributed by atoms with Crippen LogP contribution in [0, 0.1) is 0 Å². The van der Waals surface area contributed by atoms with E-state index in [9.17, 15) is 8.42 Å². The Hall–Kier alpha value is -1.66. The number of nitrogens with two attached hydrogens (primary N) is 1. The number of thiocarbonyl (C=S) groups is 1. The van der Waals surface area contributed by atoms with Gasteiger partial charge >= 0.3 is 0 Å². The van der Waals surface area contributed by atoms with E-state index in [0.717, 1.165) is 10.8 Å². The number of nitrogens with one attached hydrogen (secondary N) is 1. The minimum atomic E-state index is -3.60. The van der Waals surface area contributed by atoms with E-state index in [1.165, 1.54) is 6.92 Å². The predicted octanol–water partition coefficient (Wildman–Crippen LogP) is 2.26. The van der Waals surface area contributed by atoms with Gasteiger partial charge in [0.15, 0.2) is 0 Å². The fourth-order valence-electron chi connectivity index (χ4n) is 1.66. The molecule has 0 heterocycles. The van der Waals surface area contributed by atoms with Gasteiger partial charge in [0.2, 0.25) is 10.0 Å². The number of hydrogen-bond donors (Lipinski definition) is 2. The molecule has 0 aliphatic heterocycles. The van der Waals surface area contributed by atoms with Crippen LogP contribution in [0.4, 0.5) is 5.69 Å². The number of benzene rings is 2. The summed E-state index contributed by atoms with van der Waals surface area (Å²) in [5.41, 5.74) is 5.88. The third kappa shape index (κ3) is 3.02. The number of fused-ring (bicyclic) bond motifs is 1. The largest absolute Gasteiger partial charge is 0.392 e. The predicted molar refractivity (Wildman–Crippen MR) is 82.7 cm³/mol. The van der Waals surface area contributed by atoms with Gasteiger partial charge in [0.25, 0.3) is 0 Å². The molecule has 3 N–H and O–H groups in total. The van der Waals surface area contributed by atoms with Gasteiger partial charge in [0.1, 0.15) is 5.25 Å². The van der Waals surface area contributed by atoms with E-state index in [4.69, 9.17) is 18.0 Å². The van der Waals surface area contributed by atoms with E-state index in [2.05, 4.69) is 4.72 Å². The topological polar surface area (TPSA) is 72.2 Å². The van der Waals surface area contributed by atoms with Gasteiger partial charge in [-0.1, -0.05) is 42.5 Å². The van der Waals surface area contributed by atoms with Crippen LogP contribution in [-0.4, -0.2) is 18.7 Å². The maximum Gasteiger partial charge on any atom is 0.241 e. The van der Waals surface area contributed by atoms with E-state index in [-0.39, 0.29) is 4.99 Å². The van der Waals surface area contributed by atoms with Gasteiger partial charge < -0.3 is 5.73 Å². The smallest absolute Gasteiger partial charge is 0.241 e. The van der Waals surface area contributed by atoms with Crippen molar-refractivity contribution in [1.29, 1.82) is 0 Å². The molecule has 0 aromatic heterocycles. The highest BCUT2D eigenvalue weighted by Crippen LogP contribution is 2.20. The Labute approximate surface area is 117 Å². The average Bonchev–Trinajstić information content (AvgIpc) is 2.37. The first-order valence-electron chi connectivity index (χ1n) is 5.70. The van der Waals surface area contributed by atoms with E-state index < -0.39 is 15.3 Å². The summed E-state index contributed by atoms with van der Waals surface area (Å²) in [5.74, 6) is 0. The highest BCUT2D eigenvalue weighted by molar-refractivity contribution is 7.95. The second-order valence-corrected chi connectivity index (χ2v) is 6.73. The minimum absolute atomic E-state index is 0.0479. The van der Waals surface area contributed by atoms with Gasteiger partial charge in [0.05, 0.1) is 4.99 Å². The van der Waals surface area contributed by atoms with Crippen molar-refractivity contribution in [2.45, 2.75) is 12.2 Å². The quantitative estimate of drug-likeness (QED) is 0.848. The lowest BCUT2D eigenvalue weighted by Gasteiger charge is -2.13. The molecule has 2 aromatic rings. The fraction of sp³-hybridized carbons (Fsp3) is 0.154. The molecule has 0 radical (unpaired) electrons. The second-order valence-electron chi connectivity index (χ2n) is 4.25. The second kappa shape index (κ2) is 5.14. The average molecular weight is 294 g/mol. The summed E-state index contributed by atoms with van der Waals surface area (Å²) in [6.07, 6.45) is 0. The van der Waals surface area contributed by atoms with Crippen molar-refractivity contribution in [2.24, 2.45) is 5.73 Å². The Morgan fingerprint density at radius 2 is 1.84 bits per heavy atom. The molecule has 100 valence electrons. The Morgan fingerprint density at radius 1 is 1.21 bits per heavy atom. The van der Waals surface area contributed by atoms with Gasteiger partial charge in [-0.2, -0.15) is 0 Å². The molecule has 0 fully saturated rings. The molecule has 19 heavy (non-hydrogen) atoms. The third-order valence-corrected chi connectivity index (χ3v) is 5.08. The Kier molecular flexibility index (Phi) is 3.73. The maximum atomic E-state index is 12.0. The van der Waals surface area contributed by atoms with Crippen molar-refractivity contribution < 1.29 is 8.42 Å². The normalized spacial score (nSPS) is 13.1. The summed E-state index contributed by atoms with van der Waals surface area (Å²) in [5, 5.41) is 1.10. The van der Waals surface area contributed by atoms with Crippen LogP contribution in [0.15, 0.2) is 42.5 Å². The molecular weight excluding hydrogens is 280 g/mol. The maximum absolute atomic E-state index is 12.0. The summed E-state index contributed by atoms with van der Waals surface area (Å²) < 4.78 is 26.5. The summed E-state index contributed by atoms with van der Waals surface area (Å²) >= 11 is 4.72. The molecule has 0 saturated heterocycles. The van der Waals surface area contributed by atoms with Crippen LogP contribution in [-0.2, 0) is 10.0 Å². The first kappa shape index (κ1) is 13.8. The highest BCUT2D eigenvalue weighted by atomic mass is 32.2. The van der Waals surface area contributed by atoms with E-state index in [1.54, 1.807) is 12.1 Å². The van der Waals surface area contributed by atoms with Crippen LogP contribution >= 0.6 is 12.2 Å². The zero-order valence-electron chi connectivity index (χ0n) is 10.3. The van der Waals surface area contributed by atoms with Crippen molar-refractivity contribution in [3.05, 3.63) is 42.5 Å². The molecular formula is C13H14N2O2S2. The molecule has 6 heteroatoms. The van der Waals surface area contributed by atoms with E-state index in [1.807, 2.05) is 30.3 Å². The standard InChI is InChI=1S/C13H14N2O2S2/c1-9(13(14)18)19(16,17)15-12-7-6-10-4-2-3-5-11(10)8-12/h2-9,15H,1H3,(H2,14,18). The summed E-state index contributed by atoms with van der Waals surface area (Å²) in [4.78, 5) is -0.0479. The van der Waals surface area contributed by atoms with Gasteiger partial charge in [-0.15, -0.1) is 0 Å². The van der Waals surface area contributed by atoms with Crippen molar-refractivity contribution in [2.75, 3.05) is 4.72 Å². The molecule has 0 saturated carbocycles. The van der Waals surface area contributed by atoms with Crippen molar-refractivity contribution in [1.82, 2.24) is 0 Å². The molecule has 0 aliphatic rings. The van der Waals surface area contributed by atoms with Gasteiger partial charge in [-0.25, -0.2) is 8.42 Å². The lowest BCUT2D eigenvalue weighted by Crippen LogP contribution is -2.35. The van der Waals surface area contributed by atoms with Crippen molar-refractivity contribution in [3.8, 4) is 0 Å². The molecule has 0 spiro atoms. The van der Waals surface area contributed by atoms with Crippen LogP contribution in [0.25, 0.3) is 10.8 Å². The van der Waals surface area contributed by atoms with E-state index in [0.29, 0.717) is 5.69 Å². The third-order valence-electron chi connectivity index (χ3n) is 2.88. The van der Waals surface area contributed by atoms with Crippen LogP contribution in [0.3, 0.4) is 0 Å². The Morgan fingerprint density at radius 3 is 2.47 bits per heavy atom. The van der Waals surface area contributed by atoms with Crippen molar-refractivity contribution >= 4 is 43.7 Å². The lowest BCUT2D eigenvalue weighted by atomic mass is 10.1. The SMILES string of the molecule is CC(C(N)=S)S(=O)(=O)Nc1ccc2ccccc2c1. The number of hydrogen-bond acceptors (Lipinski definition) is 3. The Bertz CT molecular complexity index is 726.